The van der Waals surface area contributed by atoms with E-state index in [9.17, 15) is 4.79 Å². The molecule has 1 atom stereocenters. The van der Waals surface area contributed by atoms with Crippen LogP contribution >= 0.6 is 0 Å². The number of carbonyl (C=O) groups excluding carboxylic acids is 1. The van der Waals surface area contributed by atoms with Crippen molar-refractivity contribution in [2.75, 3.05) is 19.8 Å². The molecule has 1 aromatic heterocycles. The number of likely N-dealkylation sites (tertiary alicyclic amines) is 1. The lowest BCUT2D eigenvalue weighted by atomic mass is 9.78. The molecular weight excluding hydrogens is 380 g/mol. The standard InChI is InChI=1S/C24H38N2O4/c1-24(2,3)30-23(28)26-11-4-5-21(26)17-29-22-14-20(15-25-16-22)13-19-8-6-18(7-9-19)10-12-27/h14-16,18-19,21,27H,4-13,17H2,1-3H3. The van der Waals surface area contributed by atoms with Crippen molar-refractivity contribution in [1.29, 1.82) is 0 Å². The van der Waals surface area contributed by atoms with Crippen LogP contribution in [0.1, 0.15) is 71.3 Å². The van der Waals surface area contributed by atoms with Crippen molar-refractivity contribution >= 4 is 6.09 Å². The zero-order chi connectivity index (χ0) is 21.6. The van der Waals surface area contributed by atoms with Crippen molar-refractivity contribution in [3.8, 4) is 5.75 Å². The van der Waals surface area contributed by atoms with Gasteiger partial charge in [-0.25, -0.2) is 4.79 Å². The summed E-state index contributed by atoms with van der Waals surface area (Å²) in [7, 11) is 0. The lowest BCUT2D eigenvalue weighted by molar-refractivity contribution is 0.0187. The Kier molecular flexibility index (Phi) is 7.98. The quantitative estimate of drug-likeness (QED) is 0.701. The van der Waals surface area contributed by atoms with E-state index in [4.69, 9.17) is 14.6 Å². The third kappa shape index (κ3) is 6.86. The van der Waals surface area contributed by atoms with Crippen molar-refractivity contribution in [1.82, 2.24) is 9.88 Å². The maximum Gasteiger partial charge on any atom is 0.410 e. The van der Waals surface area contributed by atoms with Crippen LogP contribution in [0.15, 0.2) is 18.5 Å². The number of aliphatic hydroxyl groups excluding tert-OH is 1. The molecule has 1 N–H and O–H groups in total. The summed E-state index contributed by atoms with van der Waals surface area (Å²) < 4.78 is 11.6. The van der Waals surface area contributed by atoms with Crippen LogP contribution in [0.2, 0.25) is 0 Å². The number of aromatic nitrogens is 1. The zero-order valence-electron chi connectivity index (χ0n) is 18.8. The Balaban J connectivity index is 1.49. The van der Waals surface area contributed by atoms with Crippen LogP contribution in [0.3, 0.4) is 0 Å². The highest BCUT2D eigenvalue weighted by molar-refractivity contribution is 5.69. The van der Waals surface area contributed by atoms with Gasteiger partial charge in [-0.05, 0) is 82.8 Å². The molecule has 6 nitrogen and oxygen atoms in total. The highest BCUT2D eigenvalue weighted by Crippen LogP contribution is 2.33. The van der Waals surface area contributed by atoms with E-state index < -0.39 is 5.60 Å². The molecule has 0 aromatic carbocycles. The van der Waals surface area contributed by atoms with Crippen LogP contribution < -0.4 is 4.74 Å². The minimum atomic E-state index is -0.486. The fourth-order valence-corrected chi connectivity index (χ4v) is 4.66. The van der Waals surface area contributed by atoms with E-state index in [-0.39, 0.29) is 12.1 Å². The molecule has 1 aliphatic heterocycles. The zero-order valence-corrected chi connectivity index (χ0v) is 18.8. The summed E-state index contributed by atoms with van der Waals surface area (Å²) in [4.78, 5) is 18.6. The molecular formula is C24H38N2O4. The van der Waals surface area contributed by atoms with Crippen LogP contribution in [-0.4, -0.2) is 52.5 Å². The number of amides is 1. The summed E-state index contributed by atoms with van der Waals surface area (Å²) in [6.07, 6.45) is 12.2. The van der Waals surface area contributed by atoms with Crippen LogP contribution in [0.4, 0.5) is 4.79 Å². The SMILES string of the molecule is CC(C)(C)OC(=O)N1CCCC1COc1cncc(CC2CCC(CCO)CC2)c1. The molecule has 2 fully saturated rings. The van der Waals surface area contributed by atoms with Crippen LogP contribution in [0.5, 0.6) is 5.75 Å². The molecule has 1 saturated carbocycles. The van der Waals surface area contributed by atoms with E-state index in [0.717, 1.165) is 38.0 Å². The maximum atomic E-state index is 12.4. The Morgan fingerprint density at radius 3 is 2.60 bits per heavy atom. The summed E-state index contributed by atoms with van der Waals surface area (Å²) in [5.41, 5.74) is 0.731. The maximum absolute atomic E-state index is 12.4. The second-order valence-corrected chi connectivity index (χ2v) is 9.91. The molecule has 1 unspecified atom stereocenters. The first-order chi connectivity index (χ1) is 14.3. The molecule has 30 heavy (non-hydrogen) atoms. The summed E-state index contributed by atoms with van der Waals surface area (Å²) in [6, 6.07) is 2.14. The Hall–Kier alpha value is -1.82. The van der Waals surface area contributed by atoms with Gasteiger partial charge in [0, 0.05) is 19.3 Å². The third-order valence-corrected chi connectivity index (χ3v) is 6.25. The minimum Gasteiger partial charge on any atom is -0.490 e. The second kappa shape index (κ2) is 10.5. The number of aliphatic hydroxyl groups is 1. The number of carbonyl (C=O) groups is 1. The van der Waals surface area contributed by atoms with Gasteiger partial charge in [-0.1, -0.05) is 12.8 Å². The normalized spacial score (nSPS) is 24.7. The van der Waals surface area contributed by atoms with Gasteiger partial charge >= 0.3 is 6.09 Å². The van der Waals surface area contributed by atoms with Crippen LogP contribution in [0.25, 0.3) is 0 Å². The average Bonchev–Trinajstić information content (AvgIpc) is 3.16. The molecule has 2 heterocycles. The monoisotopic (exact) mass is 418 g/mol. The molecule has 3 rings (SSSR count). The van der Waals surface area contributed by atoms with Gasteiger partial charge in [0.2, 0.25) is 0 Å². The summed E-state index contributed by atoms with van der Waals surface area (Å²) in [6.45, 7) is 7.18. The Morgan fingerprint density at radius 1 is 1.17 bits per heavy atom. The highest BCUT2D eigenvalue weighted by atomic mass is 16.6. The molecule has 1 aromatic rings. The Morgan fingerprint density at radius 2 is 1.90 bits per heavy atom. The van der Waals surface area contributed by atoms with Gasteiger partial charge in [-0.2, -0.15) is 0 Å². The number of hydrogen-bond donors (Lipinski definition) is 1. The summed E-state index contributed by atoms with van der Waals surface area (Å²) >= 11 is 0. The van der Waals surface area contributed by atoms with E-state index >= 15 is 0 Å². The molecule has 0 spiro atoms. The van der Waals surface area contributed by atoms with Gasteiger partial charge < -0.3 is 19.5 Å². The fourth-order valence-electron chi connectivity index (χ4n) is 4.66. The molecule has 6 heteroatoms. The van der Waals surface area contributed by atoms with Gasteiger partial charge in [0.05, 0.1) is 12.2 Å². The molecule has 168 valence electrons. The smallest absolute Gasteiger partial charge is 0.410 e. The van der Waals surface area contributed by atoms with Gasteiger partial charge in [0.15, 0.2) is 0 Å². The van der Waals surface area contributed by atoms with E-state index in [1.165, 1.54) is 31.2 Å². The second-order valence-electron chi connectivity index (χ2n) is 9.91. The van der Waals surface area contributed by atoms with Crippen LogP contribution in [0, 0.1) is 11.8 Å². The molecule has 0 bridgehead atoms. The molecule has 1 aliphatic carbocycles. The Labute approximate surface area is 181 Å². The minimum absolute atomic E-state index is 0.0466. The largest absolute Gasteiger partial charge is 0.490 e. The van der Waals surface area contributed by atoms with Crippen molar-refractivity contribution < 1.29 is 19.4 Å². The molecule has 1 saturated heterocycles. The Bertz CT molecular complexity index is 680. The van der Waals surface area contributed by atoms with Gasteiger partial charge in [-0.3, -0.25) is 4.98 Å². The summed E-state index contributed by atoms with van der Waals surface area (Å²) in [5.74, 6) is 2.16. The number of hydrogen-bond acceptors (Lipinski definition) is 5. The highest BCUT2D eigenvalue weighted by Gasteiger charge is 2.32. The van der Waals surface area contributed by atoms with Gasteiger partial charge in [-0.15, -0.1) is 0 Å². The first kappa shape index (κ1) is 22.9. The van der Waals surface area contributed by atoms with E-state index in [0.29, 0.717) is 25.0 Å². The van der Waals surface area contributed by atoms with Crippen molar-refractivity contribution in [2.45, 2.75) is 83.8 Å². The van der Waals surface area contributed by atoms with Crippen molar-refractivity contribution in [3.63, 3.8) is 0 Å². The number of nitrogens with zero attached hydrogens (tertiary/aromatic N) is 2. The summed E-state index contributed by atoms with van der Waals surface area (Å²) in [5, 5.41) is 9.12. The predicted octanol–water partition coefficient (Wildman–Crippen LogP) is 4.59. The van der Waals surface area contributed by atoms with Gasteiger partial charge in [0.1, 0.15) is 18.0 Å². The predicted molar refractivity (Wildman–Crippen MR) is 117 cm³/mol. The molecule has 1 amide bonds. The molecule has 0 radical (unpaired) electrons. The van der Waals surface area contributed by atoms with Crippen LogP contribution in [-0.2, 0) is 11.2 Å². The first-order valence-corrected chi connectivity index (χ1v) is 11.5. The topological polar surface area (TPSA) is 71.9 Å². The lowest BCUT2D eigenvalue weighted by Crippen LogP contribution is -2.42. The van der Waals surface area contributed by atoms with Crippen molar-refractivity contribution in [2.24, 2.45) is 11.8 Å². The third-order valence-electron chi connectivity index (χ3n) is 6.25. The lowest BCUT2D eigenvalue weighted by Gasteiger charge is -2.29. The molecule has 2 aliphatic rings. The first-order valence-electron chi connectivity index (χ1n) is 11.5. The number of ether oxygens (including phenoxy) is 2. The number of rotatable bonds is 7. The van der Waals surface area contributed by atoms with E-state index in [1.54, 1.807) is 11.1 Å². The number of pyridine rings is 1. The van der Waals surface area contributed by atoms with Gasteiger partial charge in [0.25, 0.3) is 0 Å². The fraction of sp³-hybridized carbons (Fsp3) is 0.750. The van der Waals surface area contributed by atoms with Crippen molar-refractivity contribution in [3.05, 3.63) is 24.0 Å². The average molecular weight is 419 g/mol. The van der Waals surface area contributed by atoms with E-state index in [1.807, 2.05) is 27.0 Å². The van der Waals surface area contributed by atoms with E-state index in [2.05, 4.69) is 11.1 Å².